The van der Waals surface area contributed by atoms with E-state index in [4.69, 9.17) is 15.1 Å². The van der Waals surface area contributed by atoms with Crippen molar-refractivity contribution in [2.24, 2.45) is 0 Å². The molecule has 1 heterocycles. The molecule has 2 N–H and O–H groups in total. The SMILES string of the molecule is COC(CNc1ncc(C#N)cc1[N+](=O)[O-])CC(=O)O. The second kappa shape index (κ2) is 7.01. The quantitative estimate of drug-likeness (QED) is 0.551. The number of carbonyl (C=O) groups is 1. The van der Waals surface area contributed by atoms with Gasteiger partial charge >= 0.3 is 11.7 Å². The highest BCUT2D eigenvalue weighted by Crippen LogP contribution is 2.22. The maximum atomic E-state index is 10.9. The van der Waals surface area contributed by atoms with Crippen LogP contribution >= 0.6 is 0 Å². The van der Waals surface area contributed by atoms with E-state index in [1.807, 2.05) is 0 Å². The molecule has 1 atom stereocenters. The highest BCUT2D eigenvalue weighted by molar-refractivity contribution is 5.67. The Bertz CT molecular complexity index is 554. The Morgan fingerprint density at radius 3 is 2.95 bits per heavy atom. The summed E-state index contributed by atoms with van der Waals surface area (Å²) in [5.74, 6) is -1.08. The number of carboxylic acid groups (broad SMARTS) is 1. The van der Waals surface area contributed by atoms with Gasteiger partial charge in [0.1, 0.15) is 6.07 Å². The Hall–Kier alpha value is -2.73. The lowest BCUT2D eigenvalue weighted by Crippen LogP contribution is -2.25. The molecule has 9 nitrogen and oxygen atoms in total. The van der Waals surface area contributed by atoms with Gasteiger partial charge in [0.15, 0.2) is 0 Å². The highest BCUT2D eigenvalue weighted by Gasteiger charge is 2.18. The van der Waals surface area contributed by atoms with Gasteiger partial charge in [0, 0.05) is 25.9 Å². The molecule has 0 fully saturated rings. The molecule has 0 aliphatic heterocycles. The largest absolute Gasteiger partial charge is 0.481 e. The molecular weight excluding hydrogens is 268 g/mol. The second-order valence-corrected chi connectivity index (χ2v) is 3.80. The number of hydrogen-bond donors (Lipinski definition) is 2. The minimum absolute atomic E-state index is 0.0403. The summed E-state index contributed by atoms with van der Waals surface area (Å²) in [6, 6.07) is 2.85. The summed E-state index contributed by atoms with van der Waals surface area (Å²) < 4.78 is 4.93. The minimum atomic E-state index is -1.04. The molecule has 1 aromatic heterocycles. The number of nitro groups is 1. The maximum absolute atomic E-state index is 10.9. The number of rotatable bonds is 7. The molecule has 1 unspecified atom stereocenters. The molecule has 1 rings (SSSR count). The predicted molar refractivity (Wildman–Crippen MR) is 67.1 cm³/mol. The third kappa shape index (κ3) is 4.18. The Morgan fingerprint density at radius 2 is 2.45 bits per heavy atom. The molecule has 0 radical (unpaired) electrons. The molecule has 0 saturated carbocycles. The molecule has 0 bridgehead atoms. The van der Waals surface area contributed by atoms with Gasteiger partial charge in [0.25, 0.3) is 0 Å². The summed E-state index contributed by atoms with van der Waals surface area (Å²) in [6.45, 7) is 0.0442. The van der Waals surface area contributed by atoms with Gasteiger partial charge < -0.3 is 15.2 Å². The normalized spacial score (nSPS) is 11.4. The summed E-state index contributed by atoms with van der Waals surface area (Å²) in [6.07, 6.45) is 0.298. The smallest absolute Gasteiger partial charge is 0.312 e. The average Bonchev–Trinajstić information content (AvgIpc) is 2.42. The Morgan fingerprint density at radius 1 is 1.75 bits per heavy atom. The van der Waals surface area contributed by atoms with Gasteiger partial charge in [-0.2, -0.15) is 5.26 Å². The molecule has 0 aliphatic carbocycles. The third-order valence-electron chi connectivity index (χ3n) is 2.43. The van der Waals surface area contributed by atoms with Crippen molar-refractivity contribution in [3.8, 4) is 6.07 Å². The zero-order valence-electron chi connectivity index (χ0n) is 10.6. The number of aliphatic carboxylic acids is 1. The van der Waals surface area contributed by atoms with Gasteiger partial charge in [-0.25, -0.2) is 4.98 Å². The lowest BCUT2D eigenvalue weighted by molar-refractivity contribution is -0.384. The number of anilines is 1. The van der Waals surface area contributed by atoms with Crippen molar-refractivity contribution in [1.29, 1.82) is 5.26 Å². The molecule has 9 heteroatoms. The monoisotopic (exact) mass is 280 g/mol. The van der Waals surface area contributed by atoms with E-state index in [0.717, 1.165) is 6.07 Å². The Balaban J connectivity index is 2.84. The maximum Gasteiger partial charge on any atom is 0.312 e. The van der Waals surface area contributed by atoms with Crippen molar-refractivity contribution in [3.05, 3.63) is 27.9 Å². The summed E-state index contributed by atoms with van der Waals surface area (Å²) >= 11 is 0. The average molecular weight is 280 g/mol. The predicted octanol–water partition coefficient (Wildman–Crippen LogP) is 0.763. The van der Waals surface area contributed by atoms with Crippen LogP contribution in [-0.4, -0.2) is 40.7 Å². The first-order valence-corrected chi connectivity index (χ1v) is 5.51. The van der Waals surface area contributed by atoms with Crippen molar-refractivity contribution in [3.63, 3.8) is 0 Å². The van der Waals surface area contributed by atoms with Gasteiger partial charge in [-0.1, -0.05) is 0 Å². The summed E-state index contributed by atoms with van der Waals surface area (Å²) in [5.41, 5.74) is -0.287. The van der Waals surface area contributed by atoms with Crippen molar-refractivity contribution in [1.82, 2.24) is 4.98 Å². The number of pyridine rings is 1. The zero-order chi connectivity index (χ0) is 15.1. The van der Waals surface area contributed by atoms with E-state index < -0.39 is 17.0 Å². The van der Waals surface area contributed by atoms with E-state index in [1.54, 1.807) is 6.07 Å². The number of hydrogen-bond acceptors (Lipinski definition) is 7. The van der Waals surface area contributed by atoms with Crippen molar-refractivity contribution in [2.45, 2.75) is 12.5 Å². The molecule has 0 amide bonds. The molecule has 0 aromatic carbocycles. The van der Waals surface area contributed by atoms with Crippen LogP contribution < -0.4 is 5.32 Å². The number of nitrogens with one attached hydrogen (secondary N) is 1. The molecule has 106 valence electrons. The number of nitriles is 1. The van der Waals surface area contributed by atoms with E-state index in [9.17, 15) is 14.9 Å². The van der Waals surface area contributed by atoms with E-state index in [2.05, 4.69) is 10.3 Å². The molecular formula is C11H12N4O5. The van der Waals surface area contributed by atoms with Crippen LogP contribution in [0.15, 0.2) is 12.3 Å². The number of nitrogens with zero attached hydrogens (tertiary/aromatic N) is 3. The zero-order valence-corrected chi connectivity index (χ0v) is 10.6. The van der Waals surface area contributed by atoms with Gasteiger partial charge in [-0.15, -0.1) is 0 Å². The fourth-order valence-corrected chi connectivity index (χ4v) is 1.43. The van der Waals surface area contributed by atoms with Crippen LogP contribution in [0.3, 0.4) is 0 Å². The van der Waals surface area contributed by atoms with E-state index in [1.165, 1.54) is 13.3 Å². The van der Waals surface area contributed by atoms with Crippen LogP contribution in [0.2, 0.25) is 0 Å². The van der Waals surface area contributed by atoms with Gasteiger partial charge in [-0.05, 0) is 0 Å². The molecule has 20 heavy (non-hydrogen) atoms. The second-order valence-electron chi connectivity index (χ2n) is 3.80. The fourth-order valence-electron chi connectivity index (χ4n) is 1.43. The molecule has 0 spiro atoms. The molecule has 0 aliphatic rings. The summed E-state index contributed by atoms with van der Waals surface area (Å²) in [5, 5.41) is 30.9. The number of aromatic nitrogens is 1. The van der Waals surface area contributed by atoms with Crippen LogP contribution in [0.25, 0.3) is 0 Å². The van der Waals surface area contributed by atoms with Crippen LogP contribution in [0, 0.1) is 21.4 Å². The van der Waals surface area contributed by atoms with Crippen molar-refractivity contribution in [2.75, 3.05) is 19.0 Å². The van der Waals surface area contributed by atoms with E-state index >= 15 is 0 Å². The van der Waals surface area contributed by atoms with Gasteiger partial charge in [-0.3, -0.25) is 14.9 Å². The summed E-state index contributed by atoms with van der Waals surface area (Å²) in [4.78, 5) is 24.6. The number of carboxylic acids is 1. The third-order valence-corrected chi connectivity index (χ3v) is 2.43. The molecule has 1 aromatic rings. The lowest BCUT2D eigenvalue weighted by atomic mass is 10.2. The number of methoxy groups -OCH3 is 1. The van der Waals surface area contributed by atoms with Crippen LogP contribution in [-0.2, 0) is 9.53 Å². The minimum Gasteiger partial charge on any atom is -0.481 e. The van der Waals surface area contributed by atoms with E-state index in [-0.39, 0.29) is 30.0 Å². The molecule has 0 saturated heterocycles. The Kier molecular flexibility index (Phi) is 5.37. The van der Waals surface area contributed by atoms with Crippen LogP contribution in [0.5, 0.6) is 0 Å². The Labute approximate surface area is 114 Å². The van der Waals surface area contributed by atoms with Crippen LogP contribution in [0.1, 0.15) is 12.0 Å². The van der Waals surface area contributed by atoms with Crippen LogP contribution in [0.4, 0.5) is 11.5 Å². The highest BCUT2D eigenvalue weighted by atomic mass is 16.6. The fraction of sp³-hybridized carbons (Fsp3) is 0.364. The first kappa shape index (κ1) is 15.3. The first-order chi connectivity index (χ1) is 9.47. The topological polar surface area (TPSA) is 138 Å². The van der Waals surface area contributed by atoms with Gasteiger partial charge in [0.05, 0.1) is 23.0 Å². The summed E-state index contributed by atoms with van der Waals surface area (Å²) in [7, 11) is 1.34. The lowest BCUT2D eigenvalue weighted by Gasteiger charge is -2.14. The van der Waals surface area contributed by atoms with E-state index in [0.29, 0.717) is 0 Å². The standard InChI is InChI=1S/C11H12N4O5/c1-20-8(3-10(16)17)6-14-11-9(15(18)19)2-7(4-12)5-13-11/h2,5,8H,3,6H2,1H3,(H,13,14)(H,16,17). The van der Waals surface area contributed by atoms with Crippen molar-refractivity contribution < 1.29 is 19.6 Å². The first-order valence-electron chi connectivity index (χ1n) is 5.51. The number of ether oxygens (including phenoxy) is 1. The van der Waals surface area contributed by atoms with Gasteiger partial charge in [0.2, 0.25) is 5.82 Å². The van der Waals surface area contributed by atoms with Crippen molar-refractivity contribution >= 4 is 17.5 Å².